The van der Waals surface area contributed by atoms with Gasteiger partial charge in [0.05, 0.1) is 44.1 Å². The van der Waals surface area contributed by atoms with Gasteiger partial charge < -0.3 is 39.8 Å². The largest absolute Gasteiger partial charge is 0.492 e. The first-order valence-corrected chi connectivity index (χ1v) is 17.9. The van der Waals surface area contributed by atoms with Crippen LogP contribution in [0.4, 0.5) is 4.79 Å². The molecule has 1 heterocycles. The highest BCUT2D eigenvalue weighted by molar-refractivity contribution is 5.80. The van der Waals surface area contributed by atoms with Gasteiger partial charge >= 0.3 is 6.09 Å². The first kappa shape index (κ1) is 38.2. The third-order valence-electron chi connectivity index (χ3n) is 9.51. The monoisotopic (exact) mass is 703 g/mol. The molecule has 5 rings (SSSR count). The number of rotatable bonds is 17. The van der Waals surface area contributed by atoms with Gasteiger partial charge in [0, 0.05) is 39.1 Å². The molecular weight excluding hydrogens is 650 g/mol. The van der Waals surface area contributed by atoms with E-state index in [0.29, 0.717) is 25.9 Å². The summed E-state index contributed by atoms with van der Waals surface area (Å²) in [5, 5.41) is 28.7. The van der Waals surface area contributed by atoms with Crippen molar-refractivity contribution in [2.45, 2.75) is 69.4 Å². The van der Waals surface area contributed by atoms with Crippen LogP contribution in [-0.4, -0.2) is 104 Å². The van der Waals surface area contributed by atoms with Crippen LogP contribution >= 0.6 is 0 Å². The Balaban J connectivity index is 1.31. The molecule has 3 aromatic carbocycles. The zero-order valence-corrected chi connectivity index (χ0v) is 30.0. The number of carbonyl (C=O) groups excluding carboxylic acids is 2. The van der Waals surface area contributed by atoms with Crippen molar-refractivity contribution in [3.63, 3.8) is 0 Å². The van der Waals surface area contributed by atoms with Crippen LogP contribution in [0, 0.1) is 5.92 Å². The van der Waals surface area contributed by atoms with Crippen LogP contribution in [0.3, 0.4) is 0 Å². The summed E-state index contributed by atoms with van der Waals surface area (Å²) in [6.45, 7) is 8.34. The second-order valence-corrected chi connectivity index (χ2v) is 14.1. The van der Waals surface area contributed by atoms with Crippen molar-refractivity contribution in [2.24, 2.45) is 5.92 Å². The molecule has 51 heavy (non-hydrogen) atoms. The van der Waals surface area contributed by atoms with Crippen molar-refractivity contribution in [3.8, 4) is 5.75 Å². The van der Waals surface area contributed by atoms with Crippen molar-refractivity contribution in [3.05, 3.63) is 101 Å². The Kier molecular flexibility index (Phi) is 13.9. The van der Waals surface area contributed by atoms with Crippen LogP contribution in [0.15, 0.2) is 78.9 Å². The van der Waals surface area contributed by atoms with Crippen molar-refractivity contribution >= 4 is 12.0 Å². The van der Waals surface area contributed by atoms with Crippen LogP contribution in [0.25, 0.3) is 0 Å². The summed E-state index contributed by atoms with van der Waals surface area (Å²) in [4.78, 5) is 29.5. The summed E-state index contributed by atoms with van der Waals surface area (Å²) in [5.41, 5.74) is 2.80. The molecule has 1 fully saturated rings. The number of benzene rings is 3. The predicted octanol–water partition coefficient (Wildman–Crippen LogP) is 3.84. The molecule has 5 atom stereocenters. The molecule has 0 saturated carbocycles. The van der Waals surface area contributed by atoms with Crippen molar-refractivity contribution in [1.29, 1.82) is 0 Å². The molecule has 0 spiro atoms. The van der Waals surface area contributed by atoms with Crippen molar-refractivity contribution in [1.82, 2.24) is 15.5 Å². The molecule has 2 amide bonds. The molecule has 1 aliphatic carbocycles. The minimum absolute atomic E-state index is 0.0489. The minimum atomic E-state index is -1.11. The van der Waals surface area contributed by atoms with Crippen LogP contribution < -0.4 is 15.4 Å². The lowest BCUT2D eigenvalue weighted by molar-refractivity contribution is -0.127. The lowest BCUT2D eigenvalue weighted by atomic mass is 9.88. The standard InChI is InChI=1S/C40H53N3O8/c1-40(2,27-48-3)51-39(47)41-34(24-28-9-5-4-6-10-28)35(44)26-31(38(46)42-37-33-12-8-7-11-30(33)25-36(37)45)23-29-13-15-32(16-14-29)50-22-19-43-17-20-49-21-18-43/h4-16,31,34-37,44-45H,17-27H2,1-3H3,(H,41,47)(H,42,46)/t31?,34?,35?,36-,37-/m0/s1. The second-order valence-electron chi connectivity index (χ2n) is 14.1. The number of methoxy groups -OCH3 is 1. The molecule has 1 saturated heterocycles. The summed E-state index contributed by atoms with van der Waals surface area (Å²) in [6.07, 6.45) is -1.41. The normalized spacial score (nSPS) is 19.4. The number of hydrogen-bond acceptors (Lipinski definition) is 9. The summed E-state index contributed by atoms with van der Waals surface area (Å²) in [5.74, 6) is -0.238. The number of carbonyl (C=O) groups is 2. The average molecular weight is 704 g/mol. The Labute approximate surface area is 301 Å². The quantitative estimate of drug-likeness (QED) is 0.165. The number of fused-ring (bicyclic) bond motifs is 1. The van der Waals surface area contributed by atoms with E-state index in [1.807, 2.05) is 78.9 Å². The third-order valence-corrected chi connectivity index (χ3v) is 9.51. The molecule has 11 nitrogen and oxygen atoms in total. The van der Waals surface area contributed by atoms with Gasteiger partial charge in [0.25, 0.3) is 0 Å². The Morgan fingerprint density at radius 1 is 0.961 bits per heavy atom. The van der Waals surface area contributed by atoms with Crippen LogP contribution in [0.5, 0.6) is 5.75 Å². The molecule has 0 radical (unpaired) electrons. The lowest BCUT2D eigenvalue weighted by Crippen LogP contribution is -2.49. The molecule has 1 aliphatic heterocycles. The number of aliphatic hydroxyl groups excluding tert-OH is 2. The molecule has 11 heteroatoms. The SMILES string of the molecule is COCC(C)(C)OC(=O)NC(Cc1ccccc1)C(O)CC(Cc1ccc(OCCN2CCOCC2)cc1)C(=O)N[C@H]1c2ccccc2C[C@@H]1O. The highest BCUT2D eigenvalue weighted by atomic mass is 16.6. The number of aliphatic hydroxyl groups is 2. The molecular formula is C40H53N3O8. The van der Waals surface area contributed by atoms with Crippen LogP contribution in [0.2, 0.25) is 0 Å². The highest BCUT2D eigenvalue weighted by Gasteiger charge is 2.36. The maximum atomic E-state index is 14.1. The summed E-state index contributed by atoms with van der Waals surface area (Å²) < 4.78 is 22.3. The first-order chi connectivity index (χ1) is 24.6. The Hall–Kier alpha value is -4.00. The summed E-state index contributed by atoms with van der Waals surface area (Å²) in [6, 6.07) is 23.6. The number of alkyl carbamates (subject to hydrolysis) is 1. The average Bonchev–Trinajstić information content (AvgIpc) is 3.43. The number of morpholine rings is 1. The van der Waals surface area contributed by atoms with E-state index in [1.165, 1.54) is 7.11 Å². The molecule has 3 aromatic rings. The predicted molar refractivity (Wildman–Crippen MR) is 194 cm³/mol. The van der Waals surface area contributed by atoms with Gasteiger partial charge in [-0.25, -0.2) is 4.79 Å². The zero-order valence-electron chi connectivity index (χ0n) is 30.0. The maximum absolute atomic E-state index is 14.1. The first-order valence-electron chi connectivity index (χ1n) is 17.9. The van der Waals surface area contributed by atoms with Crippen LogP contribution in [-0.2, 0) is 38.3 Å². The Morgan fingerprint density at radius 3 is 2.37 bits per heavy atom. The molecule has 3 unspecified atom stereocenters. The van der Waals surface area contributed by atoms with Gasteiger partial charge in [-0.2, -0.15) is 0 Å². The number of ether oxygens (including phenoxy) is 4. The lowest BCUT2D eigenvalue weighted by Gasteiger charge is -2.30. The smallest absolute Gasteiger partial charge is 0.408 e. The van der Waals surface area contributed by atoms with E-state index in [9.17, 15) is 19.8 Å². The number of amides is 2. The molecule has 0 bridgehead atoms. The van der Waals surface area contributed by atoms with Crippen molar-refractivity contribution in [2.75, 3.05) is 53.2 Å². The van der Waals surface area contributed by atoms with Gasteiger partial charge in [0.15, 0.2) is 0 Å². The molecule has 0 aromatic heterocycles. The fourth-order valence-electron chi connectivity index (χ4n) is 6.84. The van der Waals surface area contributed by atoms with Gasteiger partial charge in [-0.15, -0.1) is 0 Å². The highest BCUT2D eigenvalue weighted by Crippen LogP contribution is 2.32. The van der Waals surface area contributed by atoms with Gasteiger partial charge in [-0.1, -0.05) is 66.7 Å². The van der Waals surface area contributed by atoms with Gasteiger partial charge in [0.1, 0.15) is 18.0 Å². The van der Waals surface area contributed by atoms with E-state index >= 15 is 0 Å². The topological polar surface area (TPSA) is 139 Å². The zero-order chi connectivity index (χ0) is 36.2. The second kappa shape index (κ2) is 18.5. The van der Waals surface area contributed by atoms with E-state index in [0.717, 1.165) is 60.9 Å². The van der Waals surface area contributed by atoms with Gasteiger partial charge in [0.2, 0.25) is 5.91 Å². The van der Waals surface area contributed by atoms with Gasteiger partial charge in [-0.3, -0.25) is 9.69 Å². The minimum Gasteiger partial charge on any atom is -0.492 e. The molecule has 2 aliphatic rings. The number of hydrogen-bond donors (Lipinski definition) is 4. The summed E-state index contributed by atoms with van der Waals surface area (Å²) >= 11 is 0. The van der Waals surface area contributed by atoms with Gasteiger partial charge in [-0.05, 0) is 67.5 Å². The molecule has 276 valence electrons. The van der Waals surface area contributed by atoms with E-state index in [4.69, 9.17) is 18.9 Å². The van der Waals surface area contributed by atoms with Crippen molar-refractivity contribution < 1.29 is 38.7 Å². The van der Waals surface area contributed by atoms with E-state index in [2.05, 4.69) is 15.5 Å². The Morgan fingerprint density at radius 2 is 1.65 bits per heavy atom. The number of nitrogens with zero attached hydrogens (tertiary/aromatic N) is 1. The number of nitrogens with one attached hydrogen (secondary N) is 2. The molecule has 4 N–H and O–H groups in total. The van der Waals surface area contributed by atoms with E-state index in [-0.39, 0.29) is 18.9 Å². The van der Waals surface area contributed by atoms with E-state index in [1.54, 1.807) is 13.8 Å². The van der Waals surface area contributed by atoms with E-state index < -0.39 is 41.9 Å². The fraction of sp³-hybridized carbons (Fsp3) is 0.500. The van der Waals surface area contributed by atoms with Crippen LogP contribution in [0.1, 0.15) is 48.6 Å². The Bertz CT molecular complexity index is 1530. The summed E-state index contributed by atoms with van der Waals surface area (Å²) in [7, 11) is 1.53. The third kappa shape index (κ3) is 11.5. The fourth-order valence-corrected chi connectivity index (χ4v) is 6.84. The maximum Gasteiger partial charge on any atom is 0.408 e.